The third kappa shape index (κ3) is 1.73. The lowest BCUT2D eigenvalue weighted by molar-refractivity contribution is 0.00735. The van der Waals surface area contributed by atoms with Crippen LogP contribution >= 0.6 is 0 Å². The largest absolute Gasteiger partial charge is 0.396 e. The molecule has 0 amide bonds. The van der Waals surface area contributed by atoms with Crippen LogP contribution in [0.5, 0.6) is 0 Å². The standard InChI is InChI=1S/C12H20O2/c1-2-14-12-7-9-5-3-4-6-10(9)11(12)8-13/h3-4,9-13H,2,5-8H2,1H3/t9-,10-,11+,12-/m1/s1. The molecule has 14 heavy (non-hydrogen) atoms. The Morgan fingerprint density at radius 1 is 1.36 bits per heavy atom. The number of allylic oxidation sites excluding steroid dienone is 2. The average Bonchev–Trinajstić information content (AvgIpc) is 2.55. The molecule has 2 aliphatic carbocycles. The molecule has 0 aromatic carbocycles. The highest BCUT2D eigenvalue weighted by atomic mass is 16.5. The maximum absolute atomic E-state index is 9.40. The molecular weight excluding hydrogens is 176 g/mol. The summed E-state index contributed by atoms with van der Waals surface area (Å²) in [5.41, 5.74) is 0. The molecule has 0 radical (unpaired) electrons. The zero-order valence-electron chi connectivity index (χ0n) is 8.86. The average molecular weight is 196 g/mol. The molecule has 0 aromatic rings. The van der Waals surface area contributed by atoms with Gasteiger partial charge in [0.2, 0.25) is 0 Å². The van der Waals surface area contributed by atoms with E-state index in [1.54, 1.807) is 0 Å². The maximum Gasteiger partial charge on any atom is 0.0630 e. The number of aliphatic hydroxyl groups excluding tert-OH is 1. The lowest BCUT2D eigenvalue weighted by Gasteiger charge is -2.25. The van der Waals surface area contributed by atoms with E-state index in [0.717, 1.165) is 25.4 Å². The summed E-state index contributed by atoms with van der Waals surface area (Å²) in [6.45, 7) is 3.10. The van der Waals surface area contributed by atoms with Crippen LogP contribution in [0.25, 0.3) is 0 Å². The highest BCUT2D eigenvalue weighted by molar-refractivity contribution is 5.02. The summed E-state index contributed by atoms with van der Waals surface area (Å²) in [5, 5.41) is 9.40. The van der Waals surface area contributed by atoms with Crippen molar-refractivity contribution in [2.24, 2.45) is 17.8 Å². The number of hydrogen-bond donors (Lipinski definition) is 1. The summed E-state index contributed by atoms with van der Waals surface area (Å²) in [5.74, 6) is 1.81. The molecule has 2 nitrogen and oxygen atoms in total. The fourth-order valence-electron chi connectivity index (χ4n) is 3.09. The molecule has 2 rings (SSSR count). The second-order valence-electron chi connectivity index (χ2n) is 4.44. The molecule has 0 spiro atoms. The van der Waals surface area contributed by atoms with Crippen LogP contribution in [-0.4, -0.2) is 24.4 Å². The highest BCUT2D eigenvalue weighted by Gasteiger charge is 2.42. The van der Waals surface area contributed by atoms with E-state index in [1.165, 1.54) is 6.42 Å². The van der Waals surface area contributed by atoms with Gasteiger partial charge in [-0.2, -0.15) is 0 Å². The van der Waals surface area contributed by atoms with Gasteiger partial charge >= 0.3 is 0 Å². The second kappa shape index (κ2) is 4.45. The van der Waals surface area contributed by atoms with Crippen LogP contribution < -0.4 is 0 Å². The van der Waals surface area contributed by atoms with Crippen LogP contribution in [0.2, 0.25) is 0 Å². The predicted molar refractivity (Wildman–Crippen MR) is 56.0 cm³/mol. The van der Waals surface area contributed by atoms with E-state index in [9.17, 15) is 5.11 Å². The van der Waals surface area contributed by atoms with Gasteiger partial charge in [-0.25, -0.2) is 0 Å². The van der Waals surface area contributed by atoms with Crippen molar-refractivity contribution in [1.82, 2.24) is 0 Å². The minimum absolute atomic E-state index is 0.291. The van der Waals surface area contributed by atoms with Gasteiger partial charge in [-0.05, 0) is 38.0 Å². The molecule has 1 N–H and O–H groups in total. The minimum atomic E-state index is 0.291. The van der Waals surface area contributed by atoms with E-state index in [0.29, 0.717) is 24.5 Å². The lowest BCUT2D eigenvalue weighted by atomic mass is 9.82. The van der Waals surface area contributed by atoms with Crippen molar-refractivity contribution in [2.45, 2.75) is 32.3 Å². The Balaban J connectivity index is 2.04. The molecule has 80 valence electrons. The Kier molecular flexibility index (Phi) is 3.24. The highest BCUT2D eigenvalue weighted by Crippen LogP contribution is 2.44. The Hall–Kier alpha value is -0.340. The van der Waals surface area contributed by atoms with Gasteiger partial charge in [0.25, 0.3) is 0 Å². The number of ether oxygens (including phenoxy) is 1. The molecule has 0 unspecified atom stereocenters. The third-order valence-electron chi connectivity index (χ3n) is 3.77. The molecule has 2 aliphatic rings. The van der Waals surface area contributed by atoms with Crippen molar-refractivity contribution in [2.75, 3.05) is 13.2 Å². The van der Waals surface area contributed by atoms with Gasteiger partial charge in [-0.1, -0.05) is 12.2 Å². The quantitative estimate of drug-likeness (QED) is 0.699. The number of hydrogen-bond acceptors (Lipinski definition) is 2. The van der Waals surface area contributed by atoms with Gasteiger partial charge in [0, 0.05) is 19.1 Å². The Morgan fingerprint density at radius 2 is 2.14 bits per heavy atom. The smallest absolute Gasteiger partial charge is 0.0630 e. The molecule has 0 aliphatic heterocycles. The monoisotopic (exact) mass is 196 g/mol. The van der Waals surface area contributed by atoms with E-state index >= 15 is 0 Å². The normalized spacial score (nSPS) is 41.3. The van der Waals surface area contributed by atoms with Gasteiger partial charge in [-0.15, -0.1) is 0 Å². The van der Waals surface area contributed by atoms with E-state index in [2.05, 4.69) is 12.2 Å². The van der Waals surface area contributed by atoms with E-state index in [-0.39, 0.29) is 0 Å². The Labute approximate surface area is 86.0 Å². The summed E-state index contributed by atoms with van der Waals surface area (Å²) in [7, 11) is 0. The molecule has 1 fully saturated rings. The van der Waals surface area contributed by atoms with Crippen molar-refractivity contribution in [1.29, 1.82) is 0 Å². The van der Waals surface area contributed by atoms with Crippen molar-refractivity contribution < 1.29 is 9.84 Å². The number of rotatable bonds is 3. The van der Waals surface area contributed by atoms with Gasteiger partial charge in [0.05, 0.1) is 6.10 Å². The number of aliphatic hydroxyl groups is 1. The van der Waals surface area contributed by atoms with Crippen molar-refractivity contribution in [3.8, 4) is 0 Å². The molecule has 1 saturated carbocycles. The zero-order chi connectivity index (χ0) is 9.97. The fraction of sp³-hybridized carbons (Fsp3) is 0.833. The first-order chi connectivity index (χ1) is 6.86. The van der Waals surface area contributed by atoms with E-state index < -0.39 is 0 Å². The van der Waals surface area contributed by atoms with Gasteiger partial charge in [0.15, 0.2) is 0 Å². The molecule has 0 aromatic heterocycles. The number of fused-ring (bicyclic) bond motifs is 1. The summed E-state index contributed by atoms with van der Waals surface area (Å²) in [6.07, 6.45) is 8.32. The molecule has 2 heteroatoms. The van der Waals surface area contributed by atoms with Crippen LogP contribution in [0.15, 0.2) is 12.2 Å². The topological polar surface area (TPSA) is 29.5 Å². The van der Waals surface area contributed by atoms with Gasteiger partial charge < -0.3 is 9.84 Å². The van der Waals surface area contributed by atoms with Crippen LogP contribution in [0.3, 0.4) is 0 Å². The zero-order valence-corrected chi connectivity index (χ0v) is 8.86. The summed E-state index contributed by atoms with van der Waals surface area (Å²) in [4.78, 5) is 0. The van der Waals surface area contributed by atoms with E-state index in [4.69, 9.17) is 4.74 Å². The summed E-state index contributed by atoms with van der Waals surface area (Å²) < 4.78 is 5.71. The van der Waals surface area contributed by atoms with Crippen LogP contribution in [0, 0.1) is 17.8 Å². The van der Waals surface area contributed by atoms with Gasteiger partial charge in [-0.3, -0.25) is 0 Å². The summed E-state index contributed by atoms with van der Waals surface area (Å²) in [6, 6.07) is 0. The first kappa shape index (κ1) is 10.2. The van der Waals surface area contributed by atoms with Gasteiger partial charge in [0.1, 0.15) is 0 Å². The Bertz CT molecular complexity index is 212. The summed E-state index contributed by atoms with van der Waals surface area (Å²) >= 11 is 0. The van der Waals surface area contributed by atoms with Crippen LogP contribution in [-0.2, 0) is 4.74 Å². The minimum Gasteiger partial charge on any atom is -0.396 e. The first-order valence-electron chi connectivity index (χ1n) is 5.74. The molecule has 0 heterocycles. The Morgan fingerprint density at radius 3 is 2.86 bits per heavy atom. The SMILES string of the molecule is CCO[C@@H]1C[C@H]2CC=CC[C@H]2[C@@H]1CO. The van der Waals surface area contributed by atoms with Crippen LogP contribution in [0.1, 0.15) is 26.2 Å². The molecule has 0 saturated heterocycles. The maximum atomic E-state index is 9.40. The molecule has 4 atom stereocenters. The molecule has 0 bridgehead atoms. The van der Waals surface area contributed by atoms with Crippen molar-refractivity contribution in [3.05, 3.63) is 12.2 Å². The van der Waals surface area contributed by atoms with Crippen molar-refractivity contribution in [3.63, 3.8) is 0 Å². The second-order valence-corrected chi connectivity index (χ2v) is 4.44. The van der Waals surface area contributed by atoms with E-state index in [1.807, 2.05) is 6.92 Å². The van der Waals surface area contributed by atoms with Crippen LogP contribution in [0.4, 0.5) is 0 Å². The lowest BCUT2D eigenvalue weighted by Crippen LogP contribution is -2.26. The fourth-order valence-corrected chi connectivity index (χ4v) is 3.09. The third-order valence-corrected chi connectivity index (χ3v) is 3.77. The predicted octanol–water partition coefficient (Wildman–Crippen LogP) is 1.99. The molecular formula is C12H20O2. The van der Waals surface area contributed by atoms with Crippen molar-refractivity contribution >= 4 is 0 Å². The first-order valence-corrected chi connectivity index (χ1v) is 5.74.